The minimum absolute atomic E-state index is 0.690. The van der Waals surface area contributed by atoms with Crippen LogP contribution in [0.15, 0.2) is 10.5 Å². The van der Waals surface area contributed by atoms with Gasteiger partial charge in [-0.2, -0.15) is 4.37 Å². The SMILES string of the molecule is CCNC(=NCc1scnc1C)N1CCN(c2nc(CC)ns2)CC1. The summed E-state index contributed by atoms with van der Waals surface area (Å²) in [6.07, 6.45) is 0.894. The van der Waals surface area contributed by atoms with Crippen LogP contribution in [0.4, 0.5) is 5.13 Å². The fourth-order valence-corrected chi connectivity index (χ4v) is 4.18. The van der Waals surface area contributed by atoms with Gasteiger partial charge in [-0.25, -0.2) is 15.0 Å². The first-order valence-electron chi connectivity index (χ1n) is 8.71. The average molecular weight is 380 g/mol. The van der Waals surface area contributed by atoms with Crippen molar-refractivity contribution in [1.29, 1.82) is 0 Å². The number of nitrogens with zero attached hydrogens (tertiary/aromatic N) is 6. The van der Waals surface area contributed by atoms with Crippen LogP contribution in [0.1, 0.15) is 30.2 Å². The number of nitrogens with one attached hydrogen (secondary N) is 1. The summed E-state index contributed by atoms with van der Waals surface area (Å²) < 4.78 is 4.39. The predicted molar refractivity (Wildman–Crippen MR) is 105 cm³/mol. The molecule has 136 valence electrons. The second kappa shape index (κ2) is 8.57. The molecular weight excluding hydrogens is 354 g/mol. The zero-order valence-electron chi connectivity index (χ0n) is 15.0. The van der Waals surface area contributed by atoms with E-state index < -0.39 is 0 Å². The van der Waals surface area contributed by atoms with Crippen LogP contribution < -0.4 is 10.2 Å². The first-order valence-corrected chi connectivity index (χ1v) is 10.4. The number of piperazine rings is 1. The Morgan fingerprint density at radius 1 is 1.28 bits per heavy atom. The van der Waals surface area contributed by atoms with Gasteiger partial charge in [-0.3, -0.25) is 0 Å². The van der Waals surface area contributed by atoms with E-state index in [0.29, 0.717) is 6.54 Å². The van der Waals surface area contributed by atoms with Crippen LogP contribution in [0, 0.1) is 6.92 Å². The van der Waals surface area contributed by atoms with Crippen molar-refractivity contribution < 1.29 is 0 Å². The molecule has 0 atom stereocenters. The van der Waals surface area contributed by atoms with Gasteiger partial charge in [0, 0.05) is 55.6 Å². The number of guanidine groups is 1. The van der Waals surface area contributed by atoms with Gasteiger partial charge in [0.15, 0.2) is 5.96 Å². The Hall–Kier alpha value is -1.74. The highest BCUT2D eigenvalue weighted by Crippen LogP contribution is 2.19. The summed E-state index contributed by atoms with van der Waals surface area (Å²) in [6.45, 7) is 11.6. The van der Waals surface area contributed by atoms with Crippen LogP contribution in [-0.2, 0) is 13.0 Å². The summed E-state index contributed by atoms with van der Waals surface area (Å²) in [4.78, 5) is 19.6. The van der Waals surface area contributed by atoms with E-state index in [9.17, 15) is 0 Å². The number of hydrogen-bond acceptors (Lipinski definition) is 7. The number of rotatable bonds is 5. The Bertz CT molecular complexity index is 701. The van der Waals surface area contributed by atoms with Gasteiger partial charge in [0.25, 0.3) is 0 Å². The smallest absolute Gasteiger partial charge is 0.205 e. The Morgan fingerprint density at radius 3 is 2.68 bits per heavy atom. The quantitative estimate of drug-likeness (QED) is 0.634. The van der Waals surface area contributed by atoms with Crippen molar-refractivity contribution in [3.8, 4) is 0 Å². The lowest BCUT2D eigenvalue weighted by atomic mass is 10.3. The summed E-state index contributed by atoms with van der Waals surface area (Å²) in [5, 5.41) is 4.46. The highest BCUT2D eigenvalue weighted by Gasteiger charge is 2.22. The molecule has 0 bridgehead atoms. The molecule has 2 aromatic rings. The van der Waals surface area contributed by atoms with Crippen LogP contribution in [0.3, 0.4) is 0 Å². The van der Waals surface area contributed by atoms with Crippen molar-refractivity contribution in [3.05, 3.63) is 21.9 Å². The van der Waals surface area contributed by atoms with E-state index in [1.54, 1.807) is 11.3 Å². The van der Waals surface area contributed by atoms with Crippen LogP contribution in [0.2, 0.25) is 0 Å². The highest BCUT2D eigenvalue weighted by molar-refractivity contribution is 7.10. The molecule has 0 radical (unpaired) electrons. The number of aromatic nitrogens is 3. The van der Waals surface area contributed by atoms with Gasteiger partial charge in [0.05, 0.1) is 17.7 Å². The molecule has 9 heteroatoms. The Labute approximate surface area is 157 Å². The highest BCUT2D eigenvalue weighted by atomic mass is 32.1. The van der Waals surface area contributed by atoms with Crippen molar-refractivity contribution in [2.45, 2.75) is 33.7 Å². The van der Waals surface area contributed by atoms with Crippen LogP contribution in [0.5, 0.6) is 0 Å². The molecule has 3 rings (SSSR count). The van der Waals surface area contributed by atoms with Gasteiger partial charge in [-0.05, 0) is 13.8 Å². The van der Waals surface area contributed by atoms with Gasteiger partial charge in [-0.15, -0.1) is 11.3 Å². The molecule has 3 heterocycles. The number of thiazole rings is 1. The van der Waals surface area contributed by atoms with Gasteiger partial charge < -0.3 is 15.1 Å². The molecule has 2 aromatic heterocycles. The summed E-state index contributed by atoms with van der Waals surface area (Å²) >= 11 is 3.18. The zero-order valence-corrected chi connectivity index (χ0v) is 16.7. The van der Waals surface area contributed by atoms with E-state index >= 15 is 0 Å². The second-order valence-corrected chi connectivity index (χ2v) is 7.52. The molecule has 7 nitrogen and oxygen atoms in total. The number of hydrogen-bond donors (Lipinski definition) is 1. The Kier molecular flexibility index (Phi) is 6.19. The van der Waals surface area contributed by atoms with E-state index in [2.05, 4.69) is 43.3 Å². The van der Waals surface area contributed by atoms with Crippen molar-refractivity contribution in [2.24, 2.45) is 4.99 Å². The third-order valence-corrected chi connectivity index (χ3v) is 5.91. The molecule has 0 aliphatic carbocycles. The van der Waals surface area contributed by atoms with E-state index in [1.165, 1.54) is 16.4 Å². The van der Waals surface area contributed by atoms with E-state index in [4.69, 9.17) is 4.99 Å². The zero-order chi connectivity index (χ0) is 17.6. The Balaban J connectivity index is 1.61. The summed E-state index contributed by atoms with van der Waals surface area (Å²) in [7, 11) is 0. The monoisotopic (exact) mass is 379 g/mol. The van der Waals surface area contributed by atoms with Gasteiger partial charge in [-0.1, -0.05) is 6.92 Å². The van der Waals surface area contributed by atoms with E-state index in [0.717, 1.165) is 61.8 Å². The molecule has 25 heavy (non-hydrogen) atoms. The number of aryl methyl sites for hydroxylation is 2. The number of aliphatic imine (C=N–C) groups is 1. The summed E-state index contributed by atoms with van der Waals surface area (Å²) in [5.74, 6) is 1.93. The topological polar surface area (TPSA) is 69.5 Å². The normalized spacial score (nSPS) is 15.7. The van der Waals surface area contributed by atoms with Crippen LogP contribution in [-0.4, -0.2) is 57.9 Å². The minimum Gasteiger partial charge on any atom is -0.357 e. The molecule has 0 saturated carbocycles. The maximum Gasteiger partial charge on any atom is 0.205 e. The maximum absolute atomic E-state index is 4.81. The minimum atomic E-state index is 0.690. The van der Waals surface area contributed by atoms with E-state index in [1.807, 2.05) is 12.4 Å². The third kappa shape index (κ3) is 4.46. The molecule has 0 unspecified atom stereocenters. The van der Waals surface area contributed by atoms with Crippen LogP contribution in [0.25, 0.3) is 0 Å². The lowest BCUT2D eigenvalue weighted by molar-refractivity contribution is 0.372. The maximum atomic E-state index is 4.81. The van der Waals surface area contributed by atoms with Gasteiger partial charge >= 0.3 is 0 Å². The molecule has 0 aromatic carbocycles. The average Bonchev–Trinajstić information content (AvgIpc) is 3.28. The lowest BCUT2D eigenvalue weighted by Gasteiger charge is -2.36. The first-order chi connectivity index (χ1) is 12.2. The summed E-state index contributed by atoms with van der Waals surface area (Å²) in [5.41, 5.74) is 2.97. The first kappa shape index (κ1) is 18.1. The summed E-state index contributed by atoms with van der Waals surface area (Å²) in [6, 6.07) is 0. The lowest BCUT2D eigenvalue weighted by Crippen LogP contribution is -2.52. The fourth-order valence-electron chi connectivity index (χ4n) is 2.68. The van der Waals surface area contributed by atoms with Crippen molar-refractivity contribution >= 4 is 34.0 Å². The molecule has 1 N–H and O–H groups in total. The Morgan fingerprint density at radius 2 is 2.08 bits per heavy atom. The van der Waals surface area contributed by atoms with Crippen molar-refractivity contribution in [2.75, 3.05) is 37.6 Å². The molecule has 0 spiro atoms. The van der Waals surface area contributed by atoms with Crippen LogP contribution >= 0.6 is 22.9 Å². The molecular formula is C16H25N7S2. The van der Waals surface area contributed by atoms with Crippen molar-refractivity contribution in [3.63, 3.8) is 0 Å². The standard InChI is InChI=1S/C16H25N7S2/c1-4-14-20-16(25-21-14)23-8-6-22(7-9-23)15(17-5-2)18-10-13-12(3)19-11-24-13/h11H,4-10H2,1-3H3,(H,17,18). The second-order valence-electron chi connectivity index (χ2n) is 5.85. The molecule has 0 amide bonds. The molecule has 1 aliphatic heterocycles. The largest absolute Gasteiger partial charge is 0.357 e. The van der Waals surface area contributed by atoms with Gasteiger partial charge in [0.2, 0.25) is 5.13 Å². The molecule has 1 aliphatic rings. The van der Waals surface area contributed by atoms with Crippen molar-refractivity contribution in [1.82, 2.24) is 24.6 Å². The predicted octanol–water partition coefficient (Wildman–Crippen LogP) is 2.15. The fraction of sp³-hybridized carbons (Fsp3) is 0.625. The van der Waals surface area contributed by atoms with E-state index in [-0.39, 0.29) is 0 Å². The molecule has 1 saturated heterocycles. The van der Waals surface area contributed by atoms with Gasteiger partial charge in [0.1, 0.15) is 5.82 Å². The molecule has 1 fully saturated rings. The number of anilines is 1. The third-order valence-electron chi connectivity index (χ3n) is 4.18.